The molecule has 2 aliphatic rings. The number of pyridine rings is 1. The Kier molecular flexibility index (Phi) is 5.88. The number of piperidine rings is 1. The molecule has 2 aromatic heterocycles. The smallest absolute Gasteiger partial charge is 0.270 e. The predicted octanol–water partition coefficient (Wildman–Crippen LogP) is 4.47. The van der Waals surface area contributed by atoms with Crippen LogP contribution in [0.3, 0.4) is 0 Å². The van der Waals surface area contributed by atoms with Gasteiger partial charge in [-0.3, -0.25) is 4.79 Å². The Hall–Kier alpha value is -3.83. The van der Waals surface area contributed by atoms with Crippen LogP contribution in [0.25, 0.3) is 22.0 Å². The molecule has 2 fully saturated rings. The molecule has 4 heterocycles. The van der Waals surface area contributed by atoms with Crippen molar-refractivity contribution in [1.29, 1.82) is 5.26 Å². The van der Waals surface area contributed by atoms with E-state index in [1.54, 1.807) is 11.6 Å². The largest absolute Gasteiger partial charge is 0.440 e. The maximum Gasteiger partial charge on any atom is 0.270 e. The first-order valence-electron chi connectivity index (χ1n) is 12.9. The second-order valence-electron chi connectivity index (χ2n) is 10.3. The van der Waals surface area contributed by atoms with Gasteiger partial charge in [0, 0.05) is 50.8 Å². The summed E-state index contributed by atoms with van der Waals surface area (Å²) in [6.07, 6.45) is 2.67. The lowest BCUT2D eigenvalue weighted by molar-refractivity contribution is 0.193. The molecule has 2 aromatic carbocycles. The van der Waals surface area contributed by atoms with Gasteiger partial charge in [-0.15, -0.1) is 0 Å². The van der Waals surface area contributed by atoms with Gasteiger partial charge in [-0.1, -0.05) is 6.07 Å². The number of hydrogen-bond acceptors (Lipinski definition) is 7. The Balaban J connectivity index is 1.33. The van der Waals surface area contributed by atoms with Crippen LogP contribution in [-0.2, 0) is 11.8 Å². The monoisotopic (exact) mass is 497 g/mol. The second-order valence-corrected chi connectivity index (χ2v) is 10.3. The van der Waals surface area contributed by atoms with E-state index in [2.05, 4.69) is 48.0 Å². The molecule has 190 valence electrons. The van der Waals surface area contributed by atoms with E-state index in [0.29, 0.717) is 12.6 Å². The van der Waals surface area contributed by atoms with E-state index in [0.717, 1.165) is 83.8 Å². The standard InChI is InChI=1S/C29H31N5O3/c1-18-4-7-26-24(14-18)31-28(37-26)19-8-11-34(12-9-19)27-22-6-5-20(32(2)21-10-13-36-17-21)15-25(22)33(3)29(35)23(27)16-30/h4-7,14-15,19,21H,8-13,17H2,1-3H3/t21-/m1/s1. The van der Waals surface area contributed by atoms with Crippen LogP contribution in [0, 0.1) is 18.3 Å². The fourth-order valence-electron chi connectivity index (χ4n) is 5.78. The van der Waals surface area contributed by atoms with Gasteiger partial charge < -0.3 is 23.5 Å². The SMILES string of the molecule is Cc1ccc2oc(C3CCN(c4c(C#N)c(=O)n(C)c5cc(N(C)[C@@H]6CCOC6)ccc45)CC3)nc2c1. The Morgan fingerprint density at radius 2 is 1.95 bits per heavy atom. The third-order valence-electron chi connectivity index (χ3n) is 8.05. The van der Waals surface area contributed by atoms with E-state index in [4.69, 9.17) is 14.1 Å². The van der Waals surface area contributed by atoms with Crippen molar-refractivity contribution >= 4 is 33.4 Å². The summed E-state index contributed by atoms with van der Waals surface area (Å²) in [5.41, 5.74) is 5.43. The maximum atomic E-state index is 13.3. The number of hydrogen-bond donors (Lipinski definition) is 0. The van der Waals surface area contributed by atoms with Crippen LogP contribution in [-0.4, -0.2) is 48.9 Å². The molecular weight excluding hydrogens is 466 g/mol. The van der Waals surface area contributed by atoms with Crippen molar-refractivity contribution in [2.45, 2.75) is 38.1 Å². The number of anilines is 2. The highest BCUT2D eigenvalue weighted by atomic mass is 16.5. The fraction of sp³-hybridized carbons (Fsp3) is 0.414. The van der Waals surface area contributed by atoms with Crippen molar-refractivity contribution in [2.24, 2.45) is 7.05 Å². The Morgan fingerprint density at radius 1 is 1.14 bits per heavy atom. The van der Waals surface area contributed by atoms with Gasteiger partial charge in [0.25, 0.3) is 5.56 Å². The zero-order chi connectivity index (χ0) is 25.7. The average molecular weight is 498 g/mol. The highest BCUT2D eigenvalue weighted by Crippen LogP contribution is 2.37. The van der Waals surface area contributed by atoms with E-state index >= 15 is 0 Å². The minimum Gasteiger partial charge on any atom is -0.440 e. The summed E-state index contributed by atoms with van der Waals surface area (Å²) in [7, 11) is 3.82. The van der Waals surface area contributed by atoms with Gasteiger partial charge in [-0.2, -0.15) is 5.26 Å². The molecule has 0 aliphatic carbocycles. The number of fused-ring (bicyclic) bond motifs is 2. The summed E-state index contributed by atoms with van der Waals surface area (Å²) in [5.74, 6) is 0.986. The molecule has 37 heavy (non-hydrogen) atoms. The molecule has 0 saturated carbocycles. The Morgan fingerprint density at radius 3 is 2.68 bits per heavy atom. The number of likely N-dealkylation sites (N-methyl/N-ethyl adjacent to an activating group) is 1. The van der Waals surface area contributed by atoms with Crippen molar-refractivity contribution in [1.82, 2.24) is 9.55 Å². The molecule has 2 saturated heterocycles. The van der Waals surface area contributed by atoms with Crippen LogP contribution >= 0.6 is 0 Å². The minimum atomic E-state index is -0.259. The summed E-state index contributed by atoms with van der Waals surface area (Å²) in [6, 6.07) is 14.8. The average Bonchev–Trinajstić information content (AvgIpc) is 3.60. The number of nitriles is 1. The zero-order valence-corrected chi connectivity index (χ0v) is 21.5. The molecule has 0 bridgehead atoms. The predicted molar refractivity (Wildman–Crippen MR) is 144 cm³/mol. The van der Waals surface area contributed by atoms with E-state index in [1.807, 2.05) is 18.2 Å². The minimum absolute atomic E-state index is 0.205. The summed E-state index contributed by atoms with van der Waals surface area (Å²) >= 11 is 0. The van der Waals surface area contributed by atoms with Gasteiger partial charge in [-0.25, -0.2) is 4.98 Å². The number of benzene rings is 2. The number of oxazole rings is 1. The van der Waals surface area contributed by atoms with Crippen molar-refractivity contribution < 1.29 is 9.15 Å². The first-order chi connectivity index (χ1) is 17.9. The van der Waals surface area contributed by atoms with Crippen LogP contribution in [0.15, 0.2) is 45.6 Å². The Labute approximate surface area is 215 Å². The zero-order valence-electron chi connectivity index (χ0n) is 21.5. The van der Waals surface area contributed by atoms with Crippen LogP contribution in [0.1, 0.15) is 42.2 Å². The molecule has 0 radical (unpaired) electrons. The number of rotatable bonds is 4. The van der Waals surface area contributed by atoms with Gasteiger partial charge in [-0.05, 0) is 62.1 Å². The number of aromatic nitrogens is 2. The normalized spacial score (nSPS) is 18.5. The highest BCUT2D eigenvalue weighted by Gasteiger charge is 2.29. The fourth-order valence-corrected chi connectivity index (χ4v) is 5.78. The summed E-state index contributed by atoms with van der Waals surface area (Å²) in [6.45, 7) is 4.98. The first kappa shape index (κ1) is 23.6. The molecule has 0 unspecified atom stereocenters. The van der Waals surface area contributed by atoms with Crippen LogP contribution < -0.4 is 15.4 Å². The maximum absolute atomic E-state index is 13.3. The lowest BCUT2D eigenvalue weighted by atomic mass is 9.95. The number of ether oxygens (including phenoxy) is 1. The molecule has 8 heteroatoms. The molecule has 0 spiro atoms. The molecule has 1 atom stereocenters. The van der Waals surface area contributed by atoms with Gasteiger partial charge >= 0.3 is 0 Å². The molecule has 6 rings (SSSR count). The third-order valence-corrected chi connectivity index (χ3v) is 8.05. The molecule has 4 aromatic rings. The lowest BCUT2D eigenvalue weighted by Gasteiger charge is -2.34. The van der Waals surface area contributed by atoms with Gasteiger partial charge in [0.2, 0.25) is 0 Å². The van der Waals surface area contributed by atoms with Gasteiger partial charge in [0.05, 0.1) is 23.9 Å². The highest BCUT2D eigenvalue weighted by molar-refractivity contribution is 5.96. The molecule has 0 amide bonds. The first-order valence-corrected chi connectivity index (χ1v) is 12.9. The van der Waals surface area contributed by atoms with E-state index in [1.165, 1.54) is 0 Å². The number of nitrogens with zero attached hydrogens (tertiary/aromatic N) is 5. The van der Waals surface area contributed by atoms with Crippen molar-refractivity contribution in [3.05, 3.63) is 63.8 Å². The molecule has 2 aliphatic heterocycles. The van der Waals surface area contributed by atoms with E-state index < -0.39 is 0 Å². The summed E-state index contributed by atoms with van der Waals surface area (Å²) in [5, 5.41) is 10.9. The third kappa shape index (κ3) is 4.04. The van der Waals surface area contributed by atoms with E-state index in [9.17, 15) is 10.1 Å². The van der Waals surface area contributed by atoms with E-state index in [-0.39, 0.29) is 17.0 Å². The van der Waals surface area contributed by atoms with Crippen molar-refractivity contribution in [2.75, 3.05) is 43.2 Å². The van der Waals surface area contributed by atoms with Crippen LogP contribution in [0.4, 0.5) is 11.4 Å². The lowest BCUT2D eigenvalue weighted by Crippen LogP contribution is -2.36. The van der Waals surface area contributed by atoms with Crippen LogP contribution in [0.2, 0.25) is 0 Å². The van der Waals surface area contributed by atoms with Crippen molar-refractivity contribution in [3.63, 3.8) is 0 Å². The summed E-state index contributed by atoms with van der Waals surface area (Å²) in [4.78, 5) is 22.5. The quantitative estimate of drug-likeness (QED) is 0.411. The molecular formula is C29H31N5O3. The van der Waals surface area contributed by atoms with Gasteiger partial charge in [0.1, 0.15) is 17.1 Å². The van der Waals surface area contributed by atoms with Gasteiger partial charge in [0.15, 0.2) is 11.5 Å². The molecule has 8 nitrogen and oxygen atoms in total. The van der Waals surface area contributed by atoms with Crippen molar-refractivity contribution in [3.8, 4) is 6.07 Å². The number of aryl methyl sites for hydroxylation is 2. The molecule has 0 N–H and O–H groups in total. The van der Waals surface area contributed by atoms with Crippen LogP contribution in [0.5, 0.6) is 0 Å². The Bertz CT molecular complexity index is 1580. The summed E-state index contributed by atoms with van der Waals surface area (Å²) < 4.78 is 13.3. The second kappa shape index (κ2) is 9.24. The topological polar surface area (TPSA) is 87.5 Å².